The van der Waals surface area contributed by atoms with Crippen molar-refractivity contribution >= 4 is 33.7 Å². The van der Waals surface area contributed by atoms with Gasteiger partial charge in [-0.3, -0.25) is 0 Å². The standard InChI is InChI=1S/C20H14/c1-2-8-16-15(7-1)17-9-3-5-13-11-12-14-6-4-10-18(16)20(14)19(13)17/h1-8,11-12H,9-10H2. The molecule has 0 saturated heterocycles. The molecule has 2 aliphatic rings. The van der Waals surface area contributed by atoms with E-state index in [2.05, 4.69) is 60.7 Å². The minimum atomic E-state index is 1.05. The molecule has 0 atom stereocenters. The lowest BCUT2D eigenvalue weighted by Crippen LogP contribution is -2.02. The molecule has 3 aromatic carbocycles. The lowest BCUT2D eigenvalue weighted by atomic mass is 9.81. The molecule has 0 N–H and O–H groups in total. The predicted molar refractivity (Wildman–Crippen MR) is 86.9 cm³/mol. The average Bonchev–Trinajstić information content (AvgIpc) is 2.53. The summed E-state index contributed by atoms with van der Waals surface area (Å²) in [5, 5.41) is 5.85. The molecular weight excluding hydrogens is 240 g/mol. The first-order valence-electron chi connectivity index (χ1n) is 7.26. The van der Waals surface area contributed by atoms with Crippen LogP contribution in [0.2, 0.25) is 0 Å². The van der Waals surface area contributed by atoms with E-state index in [9.17, 15) is 0 Å². The van der Waals surface area contributed by atoms with E-state index in [4.69, 9.17) is 0 Å². The molecule has 5 rings (SSSR count). The second-order valence-electron chi connectivity index (χ2n) is 5.71. The maximum Gasteiger partial charge on any atom is -0.00610 e. The fourth-order valence-corrected chi connectivity index (χ4v) is 3.87. The SMILES string of the molecule is C1=Cc2ccc3c4c(c5ccccc5c(c24)C1)CC=C3. The molecule has 0 aromatic heterocycles. The van der Waals surface area contributed by atoms with Crippen LogP contribution in [0.3, 0.4) is 0 Å². The quantitative estimate of drug-likeness (QED) is 0.488. The number of rotatable bonds is 0. The van der Waals surface area contributed by atoms with E-state index in [1.165, 1.54) is 43.8 Å². The van der Waals surface area contributed by atoms with Crippen molar-refractivity contribution in [3.05, 3.63) is 70.8 Å². The Morgan fingerprint density at radius 1 is 0.600 bits per heavy atom. The normalized spacial score (nSPS) is 15.2. The van der Waals surface area contributed by atoms with Gasteiger partial charge in [0.15, 0.2) is 0 Å². The van der Waals surface area contributed by atoms with Gasteiger partial charge in [-0.05, 0) is 56.6 Å². The molecule has 94 valence electrons. The van der Waals surface area contributed by atoms with E-state index >= 15 is 0 Å². The van der Waals surface area contributed by atoms with Gasteiger partial charge in [-0.1, -0.05) is 60.7 Å². The van der Waals surface area contributed by atoms with E-state index in [0.29, 0.717) is 0 Å². The molecule has 0 unspecified atom stereocenters. The van der Waals surface area contributed by atoms with Crippen molar-refractivity contribution in [2.45, 2.75) is 12.8 Å². The number of hydrogen-bond acceptors (Lipinski definition) is 0. The summed E-state index contributed by atoms with van der Waals surface area (Å²) in [6.45, 7) is 0. The third kappa shape index (κ3) is 1.17. The monoisotopic (exact) mass is 254 g/mol. The van der Waals surface area contributed by atoms with Crippen LogP contribution >= 0.6 is 0 Å². The highest BCUT2D eigenvalue weighted by atomic mass is 14.2. The number of fused-ring (bicyclic) bond motifs is 3. The summed E-state index contributed by atoms with van der Waals surface area (Å²) in [6.07, 6.45) is 11.3. The molecule has 20 heavy (non-hydrogen) atoms. The van der Waals surface area contributed by atoms with E-state index in [0.717, 1.165) is 12.8 Å². The Balaban J connectivity index is 2.17. The fourth-order valence-electron chi connectivity index (χ4n) is 3.87. The molecule has 0 saturated carbocycles. The first-order valence-corrected chi connectivity index (χ1v) is 7.26. The summed E-state index contributed by atoms with van der Waals surface area (Å²) in [5.74, 6) is 0. The van der Waals surface area contributed by atoms with Crippen molar-refractivity contribution in [2.24, 2.45) is 0 Å². The first kappa shape index (κ1) is 10.4. The molecule has 0 fully saturated rings. The van der Waals surface area contributed by atoms with Crippen molar-refractivity contribution in [3.63, 3.8) is 0 Å². The van der Waals surface area contributed by atoms with Crippen LogP contribution in [0.5, 0.6) is 0 Å². The predicted octanol–water partition coefficient (Wildman–Crippen LogP) is 5.13. The minimum absolute atomic E-state index is 1.05. The summed E-state index contributed by atoms with van der Waals surface area (Å²) in [6, 6.07) is 13.4. The molecule has 0 heterocycles. The van der Waals surface area contributed by atoms with E-state index in [1.807, 2.05) is 0 Å². The van der Waals surface area contributed by atoms with Crippen molar-refractivity contribution in [1.82, 2.24) is 0 Å². The van der Waals surface area contributed by atoms with Crippen LogP contribution in [-0.2, 0) is 12.8 Å². The van der Waals surface area contributed by atoms with Crippen LogP contribution in [0, 0.1) is 0 Å². The Morgan fingerprint density at radius 2 is 1.10 bits per heavy atom. The molecule has 0 amide bonds. The van der Waals surface area contributed by atoms with Crippen LogP contribution < -0.4 is 0 Å². The van der Waals surface area contributed by atoms with Gasteiger partial charge in [0.05, 0.1) is 0 Å². The highest BCUT2D eigenvalue weighted by Gasteiger charge is 2.19. The van der Waals surface area contributed by atoms with Crippen molar-refractivity contribution in [1.29, 1.82) is 0 Å². The van der Waals surface area contributed by atoms with Gasteiger partial charge in [-0.15, -0.1) is 0 Å². The highest BCUT2D eigenvalue weighted by molar-refractivity contribution is 6.12. The Morgan fingerprint density at radius 3 is 1.60 bits per heavy atom. The Hall–Kier alpha value is -2.34. The van der Waals surface area contributed by atoms with Gasteiger partial charge in [0.2, 0.25) is 0 Å². The summed E-state index contributed by atoms with van der Waals surface area (Å²) in [4.78, 5) is 0. The van der Waals surface area contributed by atoms with Gasteiger partial charge < -0.3 is 0 Å². The van der Waals surface area contributed by atoms with Crippen LogP contribution in [0.1, 0.15) is 22.3 Å². The van der Waals surface area contributed by atoms with Crippen LogP contribution in [0.15, 0.2) is 48.6 Å². The van der Waals surface area contributed by atoms with Crippen molar-refractivity contribution < 1.29 is 0 Å². The van der Waals surface area contributed by atoms with Crippen molar-refractivity contribution in [3.8, 4) is 0 Å². The maximum atomic E-state index is 2.30. The third-order valence-corrected chi connectivity index (χ3v) is 4.69. The van der Waals surface area contributed by atoms with E-state index < -0.39 is 0 Å². The fraction of sp³-hybridized carbons (Fsp3) is 0.100. The van der Waals surface area contributed by atoms with Crippen LogP contribution in [-0.4, -0.2) is 0 Å². The zero-order valence-corrected chi connectivity index (χ0v) is 11.2. The molecule has 0 radical (unpaired) electrons. The van der Waals surface area contributed by atoms with Crippen LogP contribution in [0.25, 0.3) is 33.7 Å². The Bertz CT molecular complexity index is 861. The maximum absolute atomic E-state index is 2.30. The molecule has 2 aliphatic carbocycles. The zero-order chi connectivity index (χ0) is 13.1. The number of hydrogen-bond donors (Lipinski definition) is 0. The second-order valence-corrected chi connectivity index (χ2v) is 5.71. The zero-order valence-electron chi connectivity index (χ0n) is 11.2. The largest absolute Gasteiger partial charge is 0.0795 e. The van der Waals surface area contributed by atoms with Crippen LogP contribution in [0.4, 0.5) is 0 Å². The van der Waals surface area contributed by atoms with Gasteiger partial charge in [0, 0.05) is 0 Å². The number of allylic oxidation sites excluding steroid dienone is 2. The molecular formula is C20H14. The molecule has 0 heteroatoms. The smallest absolute Gasteiger partial charge is 0.00610 e. The lowest BCUT2D eigenvalue weighted by molar-refractivity contribution is 1.28. The average molecular weight is 254 g/mol. The molecule has 0 bridgehead atoms. The molecule has 0 spiro atoms. The Kier molecular flexibility index (Phi) is 1.88. The van der Waals surface area contributed by atoms with E-state index in [1.54, 1.807) is 0 Å². The Labute approximate surface area is 118 Å². The summed E-state index contributed by atoms with van der Waals surface area (Å²) < 4.78 is 0. The first-order chi connectivity index (χ1) is 9.93. The van der Waals surface area contributed by atoms with Gasteiger partial charge in [0.1, 0.15) is 0 Å². The van der Waals surface area contributed by atoms with E-state index in [-0.39, 0.29) is 0 Å². The molecule has 3 aromatic rings. The second kappa shape index (κ2) is 3.61. The summed E-state index contributed by atoms with van der Waals surface area (Å²) in [7, 11) is 0. The van der Waals surface area contributed by atoms with Gasteiger partial charge in [0.25, 0.3) is 0 Å². The summed E-state index contributed by atoms with van der Waals surface area (Å²) >= 11 is 0. The molecule has 0 nitrogen and oxygen atoms in total. The van der Waals surface area contributed by atoms with Gasteiger partial charge in [-0.2, -0.15) is 0 Å². The summed E-state index contributed by atoms with van der Waals surface area (Å²) in [5.41, 5.74) is 5.78. The lowest BCUT2D eigenvalue weighted by Gasteiger charge is -2.22. The number of benzene rings is 3. The molecule has 0 aliphatic heterocycles. The highest BCUT2D eigenvalue weighted by Crippen LogP contribution is 2.41. The van der Waals surface area contributed by atoms with Gasteiger partial charge in [-0.25, -0.2) is 0 Å². The van der Waals surface area contributed by atoms with Crippen molar-refractivity contribution in [2.75, 3.05) is 0 Å². The third-order valence-electron chi connectivity index (χ3n) is 4.69. The van der Waals surface area contributed by atoms with Gasteiger partial charge >= 0.3 is 0 Å². The topological polar surface area (TPSA) is 0 Å². The minimum Gasteiger partial charge on any atom is -0.0795 e.